The molecule has 1 aromatic carbocycles. The number of nitrogens with one attached hydrogen (secondary N) is 3. The van der Waals surface area contributed by atoms with Gasteiger partial charge in [-0.3, -0.25) is 28.8 Å². The summed E-state index contributed by atoms with van der Waals surface area (Å²) in [6.45, 7) is 17.0. The molecule has 4 aromatic heterocycles. The molecule has 40 heteroatoms. The summed E-state index contributed by atoms with van der Waals surface area (Å²) in [4.78, 5) is 124. The van der Waals surface area contributed by atoms with E-state index in [0.717, 1.165) is 28.9 Å². The van der Waals surface area contributed by atoms with E-state index in [2.05, 4.69) is 41.2 Å². The average Bonchev–Trinajstić information content (AvgIpc) is 1.28. The number of ether oxygens (including phenoxy) is 14. The Morgan fingerprint density at radius 1 is 0.705 bits per heavy atom. The number of aryl methyl sites for hydroxylation is 1. The number of methoxy groups -OCH3 is 3. The zero-order valence-corrected chi connectivity index (χ0v) is 77.8. The second-order valence-electron chi connectivity index (χ2n) is 34.0. The molecule has 15 atom stereocenters. The molecule has 4 amide bonds. The van der Waals surface area contributed by atoms with E-state index in [0.29, 0.717) is 195 Å². The number of Topliss-reactive ketones (excluding diaryl/α,β-unsaturated/α-hetero) is 3. The number of aromatic nitrogens is 8. The number of oxazole rings is 1. The van der Waals surface area contributed by atoms with Crippen molar-refractivity contribution in [1.29, 1.82) is 0 Å². The molecule has 732 valence electrons. The van der Waals surface area contributed by atoms with Gasteiger partial charge in [-0.15, -0.1) is 5.10 Å². The van der Waals surface area contributed by atoms with Crippen molar-refractivity contribution < 1.29 is 119 Å². The third kappa shape index (κ3) is 33.2. The molecule has 1 saturated carbocycles. The van der Waals surface area contributed by atoms with Gasteiger partial charge in [0.05, 0.1) is 142 Å². The number of aliphatic hydroxyl groups is 2. The first-order chi connectivity index (χ1) is 63.7. The van der Waals surface area contributed by atoms with Crippen molar-refractivity contribution in [3.63, 3.8) is 0 Å². The van der Waals surface area contributed by atoms with E-state index in [1.807, 2.05) is 56.4 Å². The van der Waals surface area contributed by atoms with Crippen LogP contribution in [0, 0.1) is 29.6 Å². The van der Waals surface area contributed by atoms with Crippen molar-refractivity contribution in [1.82, 2.24) is 60.6 Å². The minimum absolute atomic E-state index is 0.00828. The SMILES string of the molecule is CO[C@H]1C[C@@H]2CC[C@@H](C)[C@@](O)(O2)C(=O)C(=O)N2CCCC[C@H]2C(=O)O[C@H]([C@H](N)C[C@@H]2CC[C@H](n3cc(COC(=O)NCCOCCOCCOCCOCCC(=O)NCCOCCOCCOCCOCCC(=O)NCCCCn4nc(-c5ccc6oc(N)nc6c5)c5c(N)ncnc54)nn3)[C@H](OC)C2)CC(=O)[C@H](C)/C=C(\C)[C@@H](O)[C@@H](OC)C(=O)[C@H](C)C[C@H](C)/C=C/C=CC=C1C. The Morgan fingerprint density at radius 2 is 1.36 bits per heavy atom. The smallest absolute Gasteiger partial charge is 0.407 e. The molecule has 0 unspecified atom stereocenters. The molecule has 0 spiro atoms. The first-order valence-electron chi connectivity index (χ1n) is 46.0. The molecule has 2 saturated heterocycles. The molecule has 132 heavy (non-hydrogen) atoms. The summed E-state index contributed by atoms with van der Waals surface area (Å²) in [7, 11) is 4.50. The number of cyclic esters (lactones) is 1. The highest BCUT2D eigenvalue weighted by molar-refractivity contribution is 6.39. The number of piperidine rings is 1. The van der Waals surface area contributed by atoms with E-state index >= 15 is 0 Å². The van der Waals surface area contributed by atoms with Crippen LogP contribution < -0.4 is 33.2 Å². The number of rotatable bonds is 45. The van der Waals surface area contributed by atoms with Crippen LogP contribution in [0.4, 0.5) is 16.6 Å². The summed E-state index contributed by atoms with van der Waals surface area (Å²) in [5, 5.41) is 46.2. The Bertz CT molecular complexity index is 4580. The number of nitrogens with zero attached hydrogens (tertiary/aromatic N) is 9. The second kappa shape index (κ2) is 56.0. The van der Waals surface area contributed by atoms with Gasteiger partial charge in [0, 0.05) is 109 Å². The molecule has 11 N–H and O–H groups in total. The van der Waals surface area contributed by atoms with Gasteiger partial charge in [0.15, 0.2) is 17.0 Å². The van der Waals surface area contributed by atoms with E-state index in [-0.39, 0.29) is 126 Å². The fraction of sp³-hybridized carbons (Fsp3) is 0.674. The van der Waals surface area contributed by atoms with Crippen LogP contribution in [-0.4, -0.2) is 310 Å². The van der Waals surface area contributed by atoms with Crippen LogP contribution in [0.1, 0.15) is 156 Å². The zero-order valence-electron chi connectivity index (χ0n) is 77.8. The normalized spacial score (nSPS) is 25.2. The molecular formula is C92H139N15O25. The van der Waals surface area contributed by atoms with Gasteiger partial charge >= 0.3 is 12.1 Å². The van der Waals surface area contributed by atoms with Crippen LogP contribution in [0.2, 0.25) is 0 Å². The van der Waals surface area contributed by atoms with Crippen molar-refractivity contribution in [2.24, 2.45) is 35.3 Å². The number of nitrogens with two attached hydrogens (primary N) is 3. The molecule has 2 bridgehead atoms. The van der Waals surface area contributed by atoms with Crippen molar-refractivity contribution in [3.05, 3.63) is 84.0 Å². The number of allylic oxidation sites excluding steroid dienone is 6. The molecule has 5 aromatic rings. The van der Waals surface area contributed by atoms with Gasteiger partial charge in [0.25, 0.3) is 17.7 Å². The Hall–Kier alpha value is -9.50. The first kappa shape index (κ1) is 106. The standard InChI is InChI=1S/C92H139N15O25/c1-59-17-11-10-12-18-60(2)75(118-7)54-68-23-20-64(6)92(117,132-68)85(113)88(114)105-31-15-13-19-72(105)89(115)130-76(55-73(108)61(3)50-63(5)83(112)84(120-9)82(111)62(4)49-59)69(93)51-65-21-24-71(77(52-65)119-8)107-56-67(102-104-107)57-129-91(116)98-30-36-124-40-44-128-48-46-126-42-38-122-34-27-79(110)97-29-35-123-39-43-127-47-45-125-41-37-121-33-26-78(109)96-28-14-16-32-106-87-80(86(94)99-58-100-87)81(103-106)66-22-25-74-70(53-66)101-90(95)131-74/h10-12,17-18,22,25,50,53,56,58-59,61-62,64-65,68-69,71-72,75-77,83-84,112,117H,13-16,19-21,23-24,26-49,51-52,54-55,57,93H2,1-9H3,(H2,95,101)(H,96,109)(H,97,110)(H,98,116)(H2,94,99,100)/b12-10?,17-11+,60-18?,63-50+/t59-,61-,62-,64-,65+,68+,69-,71+,72+,75+,76+,77-,83-,84+,92-/m1/s1. The predicted molar refractivity (Wildman–Crippen MR) is 483 cm³/mol. The van der Waals surface area contributed by atoms with E-state index in [1.165, 1.54) is 13.4 Å². The number of carbonyl (C=O) groups excluding carboxylic acids is 8. The number of carbonyl (C=O) groups is 8. The lowest BCUT2D eigenvalue weighted by atomic mass is 9.79. The highest BCUT2D eigenvalue weighted by atomic mass is 16.6. The molecule has 7 heterocycles. The molecule has 4 aliphatic rings. The quantitative estimate of drug-likeness (QED) is 0.00916. The van der Waals surface area contributed by atoms with Gasteiger partial charge in [-0.05, 0) is 132 Å². The van der Waals surface area contributed by atoms with Gasteiger partial charge in [0.2, 0.25) is 17.6 Å². The number of ketones is 3. The van der Waals surface area contributed by atoms with Gasteiger partial charge in [-0.2, -0.15) is 10.1 Å². The summed E-state index contributed by atoms with van der Waals surface area (Å²) >= 11 is 0. The number of aliphatic hydroxyl groups excluding tert-OH is 1. The van der Waals surface area contributed by atoms with Crippen molar-refractivity contribution >= 4 is 81.1 Å². The highest BCUT2D eigenvalue weighted by Crippen LogP contribution is 2.40. The second-order valence-corrected chi connectivity index (χ2v) is 34.0. The number of esters is 1. The lowest BCUT2D eigenvalue weighted by Crippen LogP contribution is -2.61. The Morgan fingerprint density at radius 3 is 2.02 bits per heavy atom. The van der Waals surface area contributed by atoms with E-state index < -0.39 is 102 Å². The van der Waals surface area contributed by atoms with E-state index in [4.69, 9.17) is 93.0 Å². The molecular weight excluding hydrogens is 1720 g/mol. The topological polar surface area (TPSA) is 524 Å². The van der Waals surface area contributed by atoms with Crippen LogP contribution >= 0.6 is 0 Å². The fourth-order valence-electron chi connectivity index (χ4n) is 16.5. The van der Waals surface area contributed by atoms with Crippen LogP contribution in [0.15, 0.2) is 82.7 Å². The number of unbranched alkanes of at least 4 members (excludes halogenated alkanes) is 1. The average molecular weight is 1860 g/mol. The minimum atomic E-state index is -2.51. The predicted octanol–water partition coefficient (Wildman–Crippen LogP) is 6.31. The Balaban J connectivity index is 0.582. The number of hydrogen-bond acceptors (Lipinski definition) is 34. The zero-order chi connectivity index (χ0) is 94.9. The molecule has 0 radical (unpaired) electrons. The highest BCUT2D eigenvalue weighted by Gasteiger charge is 2.53. The molecule has 3 fully saturated rings. The number of hydrogen-bond donors (Lipinski definition) is 8. The van der Waals surface area contributed by atoms with Gasteiger partial charge in [0.1, 0.15) is 65.8 Å². The lowest BCUT2D eigenvalue weighted by Gasteiger charge is -2.42. The number of benzene rings is 1. The van der Waals surface area contributed by atoms with Gasteiger partial charge < -0.3 is 119 Å². The van der Waals surface area contributed by atoms with Crippen LogP contribution in [-0.2, 0) is 113 Å². The summed E-state index contributed by atoms with van der Waals surface area (Å²) in [5.41, 5.74) is 23.8. The number of anilines is 2. The summed E-state index contributed by atoms with van der Waals surface area (Å²) in [6, 6.07) is 3.07. The van der Waals surface area contributed by atoms with Crippen molar-refractivity contribution in [3.8, 4) is 11.3 Å². The van der Waals surface area contributed by atoms with Gasteiger partial charge in [-0.1, -0.05) is 69.4 Å². The first-order valence-corrected chi connectivity index (χ1v) is 46.0. The maximum Gasteiger partial charge on any atom is 0.407 e. The molecule has 1 aliphatic carbocycles. The third-order valence-electron chi connectivity index (χ3n) is 24.1. The van der Waals surface area contributed by atoms with Crippen molar-refractivity contribution in [2.75, 3.05) is 165 Å². The molecule has 40 nitrogen and oxygen atoms in total. The Labute approximate surface area is 770 Å². The number of amides is 4. The lowest BCUT2D eigenvalue weighted by molar-refractivity contribution is -0.265. The van der Waals surface area contributed by atoms with Crippen LogP contribution in [0.5, 0.6) is 0 Å². The molecule has 3 aliphatic heterocycles. The van der Waals surface area contributed by atoms with Crippen LogP contribution in [0.25, 0.3) is 33.4 Å². The monoisotopic (exact) mass is 1850 g/mol. The van der Waals surface area contributed by atoms with E-state index in [1.54, 1.807) is 69.6 Å². The summed E-state index contributed by atoms with van der Waals surface area (Å²) in [5.74, 6) is -8.60. The number of alkyl carbamates (subject to hydrolysis) is 1. The summed E-state index contributed by atoms with van der Waals surface area (Å²) in [6.07, 6.45) is 14.2. The Kier molecular flexibility index (Phi) is 45.0. The minimum Gasteiger partial charge on any atom is -0.459 e. The third-order valence-corrected chi connectivity index (χ3v) is 24.1. The van der Waals surface area contributed by atoms with Crippen molar-refractivity contribution in [2.45, 2.75) is 218 Å². The maximum absolute atomic E-state index is 14.8. The number of fused-ring (bicyclic) bond motifs is 5. The molecule has 9 rings (SSSR count). The van der Waals surface area contributed by atoms with E-state index in [9.17, 15) is 48.6 Å². The fourth-order valence-corrected chi connectivity index (χ4v) is 16.5. The maximum atomic E-state index is 14.8. The van der Waals surface area contributed by atoms with Gasteiger partial charge in [-0.25, -0.2) is 28.9 Å². The number of nitrogen functional groups attached to an aromatic ring is 2. The summed E-state index contributed by atoms with van der Waals surface area (Å²) < 4.78 is 88.8. The largest absolute Gasteiger partial charge is 0.459 e. The van der Waals surface area contributed by atoms with Crippen LogP contribution in [0.3, 0.4) is 0 Å².